The van der Waals surface area contributed by atoms with E-state index in [1.165, 1.54) is 12.0 Å². The number of carbonyl (C=O) groups excluding carboxylic acids is 1. The molecule has 0 radical (unpaired) electrons. The summed E-state index contributed by atoms with van der Waals surface area (Å²) >= 11 is 0. The molecule has 8 heteroatoms. The number of hydrogen-bond acceptors (Lipinski definition) is 4. The Labute approximate surface area is 109 Å². The van der Waals surface area contributed by atoms with E-state index in [0.29, 0.717) is 6.42 Å². The molecule has 1 amide bonds. The molecule has 3 atom stereocenters. The van der Waals surface area contributed by atoms with Crippen LogP contribution in [0.5, 0.6) is 0 Å². The number of nitrogens with one attached hydrogen (secondary N) is 1. The Bertz CT molecular complexity index is 310. The largest absolute Gasteiger partial charge is 0.453 e. The molecule has 1 saturated heterocycles. The van der Waals surface area contributed by atoms with Crippen LogP contribution in [-0.4, -0.2) is 61.2 Å². The maximum Gasteiger partial charge on any atom is 0.409 e. The minimum atomic E-state index is -4.30. The molecule has 1 aliphatic rings. The third kappa shape index (κ3) is 5.23. The number of alkyl halides is 3. The lowest BCUT2D eigenvalue weighted by molar-refractivity contribution is -0.127. The smallest absolute Gasteiger partial charge is 0.409 e. The van der Waals surface area contributed by atoms with Crippen molar-refractivity contribution in [2.24, 2.45) is 5.92 Å². The second kappa shape index (κ2) is 6.42. The summed E-state index contributed by atoms with van der Waals surface area (Å²) in [6, 6.07) is -0.505. The van der Waals surface area contributed by atoms with Gasteiger partial charge in [0, 0.05) is 25.0 Å². The Kier molecular flexibility index (Phi) is 5.42. The summed E-state index contributed by atoms with van der Waals surface area (Å²) in [5.41, 5.74) is 0. The van der Waals surface area contributed by atoms with Gasteiger partial charge in [-0.05, 0) is 13.3 Å². The first kappa shape index (κ1) is 16.0. The molecule has 0 bridgehead atoms. The molecule has 0 aromatic heterocycles. The van der Waals surface area contributed by atoms with Crippen molar-refractivity contribution < 1.29 is 27.8 Å². The number of carbonyl (C=O) groups is 1. The maximum absolute atomic E-state index is 12.2. The normalized spacial score (nSPS) is 26.1. The number of ether oxygens (including phenoxy) is 1. The van der Waals surface area contributed by atoms with Crippen LogP contribution in [0.3, 0.4) is 0 Å². The van der Waals surface area contributed by atoms with Crippen molar-refractivity contribution in [3.8, 4) is 0 Å². The van der Waals surface area contributed by atoms with Gasteiger partial charge in [-0.15, -0.1) is 0 Å². The van der Waals surface area contributed by atoms with E-state index in [1.54, 1.807) is 6.92 Å². The molecule has 0 saturated carbocycles. The molecule has 112 valence electrons. The summed E-state index contributed by atoms with van der Waals surface area (Å²) in [6.07, 6.45) is -5.19. The Morgan fingerprint density at radius 2 is 2.16 bits per heavy atom. The fraction of sp³-hybridized carbons (Fsp3) is 0.909. The first-order valence-electron chi connectivity index (χ1n) is 6.04. The number of likely N-dealkylation sites (tertiary alicyclic amines) is 1. The van der Waals surface area contributed by atoms with E-state index in [4.69, 9.17) is 0 Å². The summed E-state index contributed by atoms with van der Waals surface area (Å²) in [5, 5.41) is 11.9. The summed E-state index contributed by atoms with van der Waals surface area (Å²) in [4.78, 5) is 12.8. The molecule has 3 unspecified atom stereocenters. The summed E-state index contributed by atoms with van der Waals surface area (Å²) in [7, 11) is 1.21. The number of aliphatic hydroxyl groups is 1. The predicted molar refractivity (Wildman–Crippen MR) is 61.6 cm³/mol. The quantitative estimate of drug-likeness (QED) is 0.811. The Morgan fingerprint density at radius 1 is 1.53 bits per heavy atom. The van der Waals surface area contributed by atoms with Crippen molar-refractivity contribution in [1.82, 2.24) is 10.2 Å². The van der Waals surface area contributed by atoms with Crippen LogP contribution in [-0.2, 0) is 4.74 Å². The standard InChI is InChI=1S/C11H19F3N2O3/c1-7(17)8-3-9(15-6-11(12,13)14)5-16(4-8)10(18)19-2/h7-9,15,17H,3-6H2,1-2H3. The first-order valence-corrected chi connectivity index (χ1v) is 6.04. The predicted octanol–water partition coefficient (Wildman–Crippen LogP) is 0.976. The van der Waals surface area contributed by atoms with Crippen LogP contribution in [0, 0.1) is 5.92 Å². The zero-order valence-corrected chi connectivity index (χ0v) is 10.9. The topological polar surface area (TPSA) is 61.8 Å². The molecule has 19 heavy (non-hydrogen) atoms. The lowest BCUT2D eigenvalue weighted by Gasteiger charge is -2.38. The Balaban J connectivity index is 2.62. The van der Waals surface area contributed by atoms with Crippen molar-refractivity contribution in [3.63, 3.8) is 0 Å². The van der Waals surface area contributed by atoms with E-state index >= 15 is 0 Å². The summed E-state index contributed by atoms with van der Waals surface area (Å²) in [6.45, 7) is 0.881. The molecule has 5 nitrogen and oxygen atoms in total. The van der Waals surface area contributed by atoms with Gasteiger partial charge in [-0.1, -0.05) is 0 Å². The van der Waals surface area contributed by atoms with Gasteiger partial charge in [0.05, 0.1) is 19.8 Å². The van der Waals surface area contributed by atoms with E-state index in [2.05, 4.69) is 10.1 Å². The highest BCUT2D eigenvalue weighted by Gasteiger charge is 2.35. The van der Waals surface area contributed by atoms with E-state index in [-0.39, 0.29) is 19.0 Å². The van der Waals surface area contributed by atoms with Gasteiger partial charge in [-0.25, -0.2) is 4.79 Å². The van der Waals surface area contributed by atoms with Crippen LogP contribution in [0.2, 0.25) is 0 Å². The van der Waals surface area contributed by atoms with Crippen molar-refractivity contribution in [2.45, 2.75) is 31.7 Å². The second-order valence-electron chi connectivity index (χ2n) is 4.80. The third-order valence-corrected chi connectivity index (χ3v) is 3.19. The maximum atomic E-state index is 12.2. The van der Waals surface area contributed by atoms with Gasteiger partial charge in [0.25, 0.3) is 0 Å². The highest BCUT2D eigenvalue weighted by molar-refractivity contribution is 5.67. The molecule has 2 N–H and O–H groups in total. The van der Waals surface area contributed by atoms with Crippen molar-refractivity contribution in [1.29, 1.82) is 0 Å². The summed E-state index contributed by atoms with van der Waals surface area (Å²) < 4.78 is 41.1. The molecule has 0 aliphatic carbocycles. The van der Waals surface area contributed by atoms with E-state index < -0.39 is 31.0 Å². The van der Waals surface area contributed by atoms with Crippen molar-refractivity contribution in [2.75, 3.05) is 26.7 Å². The number of nitrogens with zero attached hydrogens (tertiary/aromatic N) is 1. The van der Waals surface area contributed by atoms with Crippen LogP contribution in [0.1, 0.15) is 13.3 Å². The van der Waals surface area contributed by atoms with Crippen molar-refractivity contribution >= 4 is 6.09 Å². The number of halogens is 3. The van der Waals surface area contributed by atoms with Gasteiger partial charge in [0.2, 0.25) is 0 Å². The minimum Gasteiger partial charge on any atom is -0.453 e. The Morgan fingerprint density at radius 3 is 2.63 bits per heavy atom. The monoisotopic (exact) mass is 284 g/mol. The number of rotatable bonds is 3. The van der Waals surface area contributed by atoms with Crippen molar-refractivity contribution in [3.05, 3.63) is 0 Å². The molecular weight excluding hydrogens is 265 g/mol. The molecule has 1 fully saturated rings. The van der Waals surface area contributed by atoms with Crippen LogP contribution < -0.4 is 5.32 Å². The molecule has 1 heterocycles. The van der Waals surface area contributed by atoms with Gasteiger partial charge in [-0.2, -0.15) is 13.2 Å². The summed E-state index contributed by atoms with van der Waals surface area (Å²) in [5.74, 6) is -0.265. The van der Waals surface area contributed by atoms with E-state index in [9.17, 15) is 23.1 Å². The Hall–Kier alpha value is -1.02. The fourth-order valence-electron chi connectivity index (χ4n) is 2.17. The lowest BCUT2D eigenvalue weighted by atomic mass is 9.90. The minimum absolute atomic E-state index is 0.145. The first-order chi connectivity index (χ1) is 8.73. The van der Waals surface area contributed by atoms with Crippen LogP contribution >= 0.6 is 0 Å². The van der Waals surface area contributed by atoms with Crippen LogP contribution in [0.15, 0.2) is 0 Å². The van der Waals surface area contributed by atoms with Gasteiger partial charge in [0.1, 0.15) is 0 Å². The fourth-order valence-corrected chi connectivity index (χ4v) is 2.17. The number of aliphatic hydroxyl groups excluding tert-OH is 1. The van der Waals surface area contributed by atoms with Gasteiger partial charge in [-0.3, -0.25) is 0 Å². The van der Waals surface area contributed by atoms with Crippen LogP contribution in [0.25, 0.3) is 0 Å². The molecular formula is C11H19F3N2O3. The SMILES string of the molecule is COC(=O)N1CC(NCC(F)(F)F)CC(C(C)O)C1. The average molecular weight is 284 g/mol. The number of methoxy groups -OCH3 is 1. The zero-order valence-electron chi connectivity index (χ0n) is 10.9. The average Bonchev–Trinajstić information content (AvgIpc) is 2.34. The van der Waals surface area contributed by atoms with E-state index in [1.807, 2.05) is 0 Å². The lowest BCUT2D eigenvalue weighted by Crippen LogP contribution is -2.54. The number of hydrogen-bond donors (Lipinski definition) is 2. The van der Waals surface area contributed by atoms with Gasteiger partial charge < -0.3 is 20.1 Å². The molecule has 0 spiro atoms. The third-order valence-electron chi connectivity index (χ3n) is 3.19. The number of piperidine rings is 1. The second-order valence-corrected chi connectivity index (χ2v) is 4.80. The molecule has 0 aromatic carbocycles. The van der Waals surface area contributed by atoms with Crippen LogP contribution in [0.4, 0.5) is 18.0 Å². The highest BCUT2D eigenvalue weighted by atomic mass is 19.4. The van der Waals surface area contributed by atoms with Gasteiger partial charge >= 0.3 is 12.3 Å². The molecule has 1 rings (SSSR count). The van der Waals surface area contributed by atoms with E-state index in [0.717, 1.165) is 0 Å². The number of amides is 1. The van der Waals surface area contributed by atoms with Gasteiger partial charge in [0.15, 0.2) is 0 Å². The highest BCUT2D eigenvalue weighted by Crippen LogP contribution is 2.22. The molecule has 0 aromatic rings. The zero-order chi connectivity index (χ0) is 14.6. The molecule has 1 aliphatic heterocycles.